The predicted molar refractivity (Wildman–Crippen MR) is 131 cm³/mol. The van der Waals surface area contributed by atoms with Crippen molar-refractivity contribution >= 4 is 11.8 Å². The third-order valence-electron chi connectivity index (χ3n) is 9.92. The van der Waals surface area contributed by atoms with E-state index in [1.54, 1.807) is 20.8 Å². The highest BCUT2D eigenvalue weighted by Gasteiger charge is 2.81. The summed E-state index contributed by atoms with van der Waals surface area (Å²) in [6.45, 7) is 16.5. The SMILES string of the molecule is C=C[C@@]1(C)CC(=O)[C@]2(O)C3(C)C(C(OC(=O)C(C)N4CCOCC4)C(O)[C@@]2(C)O1)C(C)(C)CC[C@@H]3O. The Balaban J connectivity index is 1.82. The van der Waals surface area contributed by atoms with Gasteiger partial charge in [-0.2, -0.15) is 0 Å². The van der Waals surface area contributed by atoms with E-state index in [-0.39, 0.29) is 6.42 Å². The van der Waals surface area contributed by atoms with Crippen LogP contribution in [-0.4, -0.2) is 99.4 Å². The van der Waals surface area contributed by atoms with E-state index in [0.29, 0.717) is 39.1 Å². The topological polar surface area (TPSA) is 126 Å². The van der Waals surface area contributed by atoms with Crippen LogP contribution in [0.15, 0.2) is 12.7 Å². The first-order chi connectivity index (χ1) is 16.6. The van der Waals surface area contributed by atoms with Gasteiger partial charge in [-0.3, -0.25) is 14.5 Å². The summed E-state index contributed by atoms with van der Waals surface area (Å²) in [5.74, 6) is -1.75. The van der Waals surface area contributed by atoms with E-state index in [9.17, 15) is 24.9 Å². The number of aliphatic hydroxyl groups is 3. The summed E-state index contributed by atoms with van der Waals surface area (Å²) in [7, 11) is 0. The molecular formula is C27H43NO8. The van der Waals surface area contributed by atoms with Crippen molar-refractivity contribution in [1.29, 1.82) is 0 Å². The zero-order valence-electron chi connectivity index (χ0n) is 22.5. The average molecular weight is 510 g/mol. The second-order valence-corrected chi connectivity index (χ2v) is 12.5. The lowest BCUT2D eigenvalue weighted by Crippen LogP contribution is -2.86. The Hall–Kier alpha value is -1.36. The number of hydrogen-bond acceptors (Lipinski definition) is 9. The Kier molecular flexibility index (Phi) is 6.80. The summed E-state index contributed by atoms with van der Waals surface area (Å²) in [6.07, 6.45) is -1.48. The van der Waals surface area contributed by atoms with Crippen LogP contribution in [0.5, 0.6) is 0 Å². The number of hydrogen-bond donors (Lipinski definition) is 3. The van der Waals surface area contributed by atoms with E-state index in [2.05, 4.69) is 6.58 Å². The summed E-state index contributed by atoms with van der Waals surface area (Å²) < 4.78 is 17.9. The first-order valence-electron chi connectivity index (χ1n) is 13.1. The highest BCUT2D eigenvalue weighted by molar-refractivity contribution is 5.92. The van der Waals surface area contributed by atoms with E-state index in [0.717, 1.165) is 0 Å². The molecule has 4 rings (SSSR count). The van der Waals surface area contributed by atoms with Crippen LogP contribution in [0.25, 0.3) is 0 Å². The average Bonchev–Trinajstić information content (AvgIpc) is 2.83. The van der Waals surface area contributed by atoms with Gasteiger partial charge in [0.1, 0.15) is 23.9 Å². The molecule has 5 unspecified atom stereocenters. The molecule has 2 saturated heterocycles. The third-order valence-corrected chi connectivity index (χ3v) is 9.92. The number of Topliss-reactive ketones (excluding diaryl/α,β-unsaturated/α-hetero) is 1. The molecule has 0 bridgehead atoms. The molecule has 0 radical (unpaired) electrons. The molecule has 2 saturated carbocycles. The fraction of sp³-hybridized carbons (Fsp3) is 0.852. The monoisotopic (exact) mass is 509 g/mol. The van der Waals surface area contributed by atoms with Gasteiger partial charge in [-0.05, 0) is 39.0 Å². The van der Waals surface area contributed by atoms with Crippen LogP contribution in [0.2, 0.25) is 0 Å². The van der Waals surface area contributed by atoms with Gasteiger partial charge in [0.05, 0.1) is 24.9 Å². The fourth-order valence-electron chi connectivity index (χ4n) is 7.75. The Bertz CT molecular complexity index is 917. The summed E-state index contributed by atoms with van der Waals surface area (Å²) in [6, 6.07) is -0.579. The van der Waals surface area contributed by atoms with Gasteiger partial charge < -0.3 is 29.5 Å². The van der Waals surface area contributed by atoms with Crippen molar-refractivity contribution in [2.45, 2.75) is 102 Å². The molecule has 2 heterocycles. The minimum absolute atomic E-state index is 0.150. The molecule has 2 aliphatic heterocycles. The second kappa shape index (κ2) is 8.85. The molecule has 4 aliphatic rings. The lowest BCUT2D eigenvalue weighted by molar-refractivity contribution is -0.370. The van der Waals surface area contributed by atoms with Crippen molar-refractivity contribution in [2.75, 3.05) is 26.3 Å². The number of nitrogens with zero attached hydrogens (tertiary/aromatic N) is 1. The smallest absolute Gasteiger partial charge is 0.323 e. The summed E-state index contributed by atoms with van der Waals surface area (Å²) in [5, 5.41) is 35.7. The Morgan fingerprint density at radius 3 is 2.39 bits per heavy atom. The van der Waals surface area contributed by atoms with Crippen molar-refractivity contribution in [2.24, 2.45) is 16.7 Å². The quantitative estimate of drug-likeness (QED) is 0.379. The molecule has 0 amide bonds. The van der Waals surface area contributed by atoms with Crippen LogP contribution in [0.4, 0.5) is 0 Å². The van der Waals surface area contributed by atoms with Gasteiger partial charge in [-0.15, -0.1) is 6.58 Å². The van der Waals surface area contributed by atoms with Crippen molar-refractivity contribution in [3.63, 3.8) is 0 Å². The van der Waals surface area contributed by atoms with Crippen LogP contribution in [0.1, 0.15) is 60.8 Å². The standard InChI is InChI=1S/C27H43NO8/c1-8-24(5)15-18(30)27(33)25(6)17(29)9-10-23(3,4)20(25)19(21(31)26(27,7)36-24)35-22(32)16(2)28-11-13-34-14-12-28/h8,16-17,19-21,29,31,33H,1,9-15H2,2-7H3/t16?,17-,19?,20?,21?,24-,25?,26+,27-/m0/s1. The molecule has 0 aromatic heterocycles. The van der Waals surface area contributed by atoms with E-state index in [1.807, 2.05) is 18.7 Å². The molecule has 36 heavy (non-hydrogen) atoms. The van der Waals surface area contributed by atoms with Gasteiger partial charge >= 0.3 is 5.97 Å². The molecule has 9 atom stereocenters. The third kappa shape index (κ3) is 3.65. The Morgan fingerprint density at radius 2 is 1.81 bits per heavy atom. The second-order valence-electron chi connectivity index (χ2n) is 12.5. The molecule has 0 aromatic rings. The minimum atomic E-state index is -2.22. The van der Waals surface area contributed by atoms with E-state index in [4.69, 9.17) is 14.2 Å². The lowest BCUT2D eigenvalue weighted by atomic mass is 9.40. The molecule has 9 nitrogen and oxygen atoms in total. The van der Waals surface area contributed by atoms with Crippen LogP contribution < -0.4 is 0 Å². The first kappa shape index (κ1) is 27.7. The number of fused-ring (bicyclic) bond motifs is 3. The maximum atomic E-state index is 13.8. The van der Waals surface area contributed by atoms with E-state index >= 15 is 0 Å². The zero-order chi connectivity index (χ0) is 26.9. The van der Waals surface area contributed by atoms with Gasteiger partial charge in [-0.25, -0.2) is 0 Å². The molecule has 2 aliphatic carbocycles. The van der Waals surface area contributed by atoms with E-state index < -0.39 is 69.7 Å². The zero-order valence-corrected chi connectivity index (χ0v) is 22.5. The number of esters is 1. The van der Waals surface area contributed by atoms with Gasteiger partial charge in [0.15, 0.2) is 11.4 Å². The molecule has 4 fully saturated rings. The first-order valence-corrected chi connectivity index (χ1v) is 13.1. The highest BCUT2D eigenvalue weighted by Crippen LogP contribution is 2.67. The van der Waals surface area contributed by atoms with Gasteiger partial charge in [0, 0.05) is 30.8 Å². The van der Waals surface area contributed by atoms with E-state index in [1.165, 1.54) is 13.0 Å². The van der Waals surface area contributed by atoms with Crippen molar-refractivity contribution in [1.82, 2.24) is 4.90 Å². The fourth-order valence-corrected chi connectivity index (χ4v) is 7.75. The summed E-state index contributed by atoms with van der Waals surface area (Å²) in [4.78, 5) is 29.2. The number of ketones is 1. The van der Waals surface area contributed by atoms with Gasteiger partial charge in [0.2, 0.25) is 0 Å². The molecule has 0 aromatic carbocycles. The largest absolute Gasteiger partial charge is 0.458 e. The highest BCUT2D eigenvalue weighted by atomic mass is 16.6. The van der Waals surface area contributed by atoms with Crippen LogP contribution in [0.3, 0.4) is 0 Å². The minimum Gasteiger partial charge on any atom is -0.458 e. The van der Waals surface area contributed by atoms with Crippen LogP contribution in [-0.2, 0) is 23.8 Å². The number of ether oxygens (including phenoxy) is 3. The molecular weight excluding hydrogens is 466 g/mol. The lowest BCUT2D eigenvalue weighted by Gasteiger charge is -2.71. The number of carbonyl (C=O) groups is 2. The Labute approximate surface area is 213 Å². The number of rotatable bonds is 4. The number of carbonyl (C=O) groups excluding carboxylic acids is 2. The molecule has 9 heteroatoms. The molecule has 204 valence electrons. The normalized spacial score (nSPS) is 47.9. The van der Waals surface area contributed by atoms with Gasteiger partial charge in [-0.1, -0.05) is 26.8 Å². The molecule has 0 spiro atoms. The maximum absolute atomic E-state index is 13.8. The van der Waals surface area contributed by atoms with Crippen LogP contribution >= 0.6 is 0 Å². The van der Waals surface area contributed by atoms with Crippen molar-refractivity contribution in [3.8, 4) is 0 Å². The van der Waals surface area contributed by atoms with Gasteiger partial charge in [0.25, 0.3) is 0 Å². The van der Waals surface area contributed by atoms with Crippen molar-refractivity contribution < 1.29 is 39.1 Å². The number of morpholine rings is 1. The predicted octanol–water partition coefficient (Wildman–Crippen LogP) is 1.22. The Morgan fingerprint density at radius 1 is 1.19 bits per heavy atom. The summed E-state index contributed by atoms with van der Waals surface area (Å²) >= 11 is 0. The van der Waals surface area contributed by atoms with Crippen molar-refractivity contribution in [3.05, 3.63) is 12.7 Å². The summed E-state index contributed by atoms with van der Waals surface area (Å²) in [5.41, 5.74) is -7.25. The van der Waals surface area contributed by atoms with Crippen LogP contribution in [0, 0.1) is 16.7 Å². The number of aliphatic hydroxyl groups excluding tert-OH is 2. The molecule has 3 N–H and O–H groups in total. The maximum Gasteiger partial charge on any atom is 0.323 e.